The first-order chi connectivity index (χ1) is 9.35. The first-order valence-electron chi connectivity index (χ1n) is 6.39. The third-order valence-electron chi connectivity index (χ3n) is 3.58. The maximum atomic E-state index is 11.3. The lowest BCUT2D eigenvalue weighted by atomic mass is 10.1. The van der Waals surface area contributed by atoms with Gasteiger partial charge in [0.25, 0.3) is 5.69 Å². The van der Waals surface area contributed by atoms with Crippen LogP contribution in [0.3, 0.4) is 0 Å². The standard InChI is InChI=1S/C13H15N3O3S/c1-8-14-9-5-10(15-4-3-13(2,17)7-15)11(16(18)19)6-12(9)20-8/h5-6,17H,3-4,7H2,1-2H3. The molecule has 0 radical (unpaired) electrons. The number of hydrogen-bond acceptors (Lipinski definition) is 6. The fourth-order valence-electron chi connectivity index (χ4n) is 2.62. The Morgan fingerprint density at radius 2 is 2.30 bits per heavy atom. The van der Waals surface area contributed by atoms with E-state index in [1.807, 2.05) is 11.8 Å². The van der Waals surface area contributed by atoms with Crippen LogP contribution in [0.1, 0.15) is 18.4 Å². The first-order valence-corrected chi connectivity index (χ1v) is 7.20. The van der Waals surface area contributed by atoms with Crippen LogP contribution in [0.2, 0.25) is 0 Å². The lowest BCUT2D eigenvalue weighted by Crippen LogP contribution is -2.29. The van der Waals surface area contributed by atoms with Crippen LogP contribution in [0.5, 0.6) is 0 Å². The van der Waals surface area contributed by atoms with E-state index in [-0.39, 0.29) is 10.6 Å². The SMILES string of the molecule is Cc1nc2cc(N3CCC(C)(O)C3)c([N+](=O)[O-])cc2s1. The van der Waals surface area contributed by atoms with E-state index in [0.29, 0.717) is 25.2 Å². The van der Waals surface area contributed by atoms with Crippen LogP contribution >= 0.6 is 11.3 Å². The number of aromatic nitrogens is 1. The van der Waals surface area contributed by atoms with E-state index in [2.05, 4.69) is 4.98 Å². The number of nitrogens with zero attached hydrogens (tertiary/aromatic N) is 3. The van der Waals surface area contributed by atoms with Gasteiger partial charge in [-0.15, -0.1) is 11.3 Å². The summed E-state index contributed by atoms with van der Waals surface area (Å²) in [5, 5.41) is 22.2. The van der Waals surface area contributed by atoms with Gasteiger partial charge in [-0.05, 0) is 26.3 Å². The van der Waals surface area contributed by atoms with Crippen molar-refractivity contribution in [3.8, 4) is 0 Å². The molecule has 106 valence electrons. The summed E-state index contributed by atoms with van der Waals surface area (Å²) in [4.78, 5) is 17.2. The zero-order chi connectivity index (χ0) is 14.5. The van der Waals surface area contributed by atoms with Gasteiger partial charge in [0.1, 0.15) is 5.69 Å². The van der Waals surface area contributed by atoms with Crippen molar-refractivity contribution >= 4 is 32.9 Å². The minimum Gasteiger partial charge on any atom is -0.388 e. The van der Waals surface area contributed by atoms with Crippen molar-refractivity contribution in [2.24, 2.45) is 0 Å². The Hall–Kier alpha value is -1.73. The summed E-state index contributed by atoms with van der Waals surface area (Å²) >= 11 is 1.45. The highest BCUT2D eigenvalue weighted by atomic mass is 32.1. The van der Waals surface area contributed by atoms with Crippen LogP contribution in [-0.4, -0.2) is 33.7 Å². The lowest BCUT2D eigenvalue weighted by molar-refractivity contribution is -0.384. The van der Waals surface area contributed by atoms with Gasteiger partial charge in [-0.25, -0.2) is 4.98 Å². The minimum absolute atomic E-state index is 0.0823. The number of β-amino-alcohol motifs (C(OH)–C–C–N with tert-alkyl or cyclic N) is 1. The molecule has 2 heterocycles. The van der Waals surface area contributed by atoms with Crippen molar-refractivity contribution in [3.63, 3.8) is 0 Å². The number of hydrogen-bond donors (Lipinski definition) is 1. The Bertz CT molecular complexity index is 695. The third kappa shape index (κ3) is 2.23. The summed E-state index contributed by atoms with van der Waals surface area (Å²) in [5.74, 6) is 0. The Balaban J connectivity index is 2.12. The molecule has 0 bridgehead atoms. The second kappa shape index (κ2) is 4.39. The van der Waals surface area contributed by atoms with Gasteiger partial charge in [0.2, 0.25) is 0 Å². The number of aryl methyl sites for hydroxylation is 1. The minimum atomic E-state index is -0.791. The van der Waals surface area contributed by atoms with Gasteiger partial charge >= 0.3 is 0 Å². The van der Waals surface area contributed by atoms with Crippen LogP contribution in [0.15, 0.2) is 12.1 Å². The number of nitro groups is 1. The molecule has 1 aromatic heterocycles. The fraction of sp³-hybridized carbons (Fsp3) is 0.462. The normalized spacial score (nSPS) is 22.6. The van der Waals surface area contributed by atoms with Crippen LogP contribution < -0.4 is 4.90 Å². The largest absolute Gasteiger partial charge is 0.388 e. The highest BCUT2D eigenvalue weighted by Crippen LogP contribution is 2.38. The smallest absolute Gasteiger partial charge is 0.294 e. The third-order valence-corrected chi connectivity index (χ3v) is 4.51. The number of fused-ring (bicyclic) bond motifs is 1. The van der Waals surface area contributed by atoms with Crippen LogP contribution in [0.25, 0.3) is 10.2 Å². The van der Waals surface area contributed by atoms with E-state index in [1.165, 1.54) is 11.3 Å². The van der Waals surface area contributed by atoms with Gasteiger partial charge in [-0.2, -0.15) is 0 Å². The van der Waals surface area contributed by atoms with Crippen molar-refractivity contribution in [2.45, 2.75) is 25.9 Å². The Labute approximate surface area is 119 Å². The molecule has 0 aliphatic carbocycles. The number of aliphatic hydroxyl groups is 1. The number of benzene rings is 1. The summed E-state index contributed by atoms with van der Waals surface area (Å²) in [6.45, 7) is 4.66. The van der Waals surface area contributed by atoms with Crippen LogP contribution in [0.4, 0.5) is 11.4 Å². The predicted octanol–water partition coefficient (Wildman–Crippen LogP) is 2.47. The molecule has 1 aliphatic rings. The highest BCUT2D eigenvalue weighted by molar-refractivity contribution is 7.18. The summed E-state index contributed by atoms with van der Waals surface area (Å²) in [6.07, 6.45) is 0.609. The second-order valence-electron chi connectivity index (χ2n) is 5.47. The summed E-state index contributed by atoms with van der Waals surface area (Å²) in [6, 6.07) is 3.35. The van der Waals surface area contributed by atoms with Crippen molar-refractivity contribution in [1.29, 1.82) is 0 Å². The lowest BCUT2D eigenvalue weighted by Gasteiger charge is -2.20. The van der Waals surface area contributed by atoms with Crippen LogP contribution in [-0.2, 0) is 0 Å². The van der Waals surface area contributed by atoms with Gasteiger partial charge < -0.3 is 10.0 Å². The molecule has 7 heteroatoms. The molecule has 0 amide bonds. The molecule has 1 atom stereocenters. The zero-order valence-corrected chi connectivity index (χ0v) is 12.1. The molecule has 1 fully saturated rings. The Morgan fingerprint density at radius 3 is 2.90 bits per heavy atom. The predicted molar refractivity (Wildman–Crippen MR) is 78.5 cm³/mol. The quantitative estimate of drug-likeness (QED) is 0.679. The molecule has 1 N–H and O–H groups in total. The average molecular weight is 293 g/mol. The van der Waals surface area contributed by atoms with E-state index in [0.717, 1.165) is 15.2 Å². The maximum absolute atomic E-state index is 11.3. The fourth-order valence-corrected chi connectivity index (χ4v) is 3.46. The van der Waals surface area contributed by atoms with Crippen molar-refractivity contribution in [3.05, 3.63) is 27.3 Å². The molecule has 3 rings (SSSR count). The summed E-state index contributed by atoms with van der Waals surface area (Å²) in [7, 11) is 0. The molecule has 2 aromatic rings. The van der Waals surface area contributed by atoms with E-state index in [4.69, 9.17) is 0 Å². The first kappa shape index (κ1) is 13.3. The van der Waals surface area contributed by atoms with E-state index < -0.39 is 5.60 Å². The molecule has 20 heavy (non-hydrogen) atoms. The van der Waals surface area contributed by atoms with Crippen molar-refractivity contribution in [1.82, 2.24) is 4.98 Å². The van der Waals surface area contributed by atoms with Gasteiger partial charge in [0, 0.05) is 19.2 Å². The molecular formula is C13H15N3O3S. The van der Waals surface area contributed by atoms with Crippen molar-refractivity contribution < 1.29 is 10.0 Å². The van der Waals surface area contributed by atoms with E-state index in [1.54, 1.807) is 19.1 Å². The number of anilines is 1. The van der Waals surface area contributed by atoms with Gasteiger partial charge in [0.05, 0.1) is 25.7 Å². The van der Waals surface area contributed by atoms with Gasteiger partial charge in [0.15, 0.2) is 0 Å². The molecule has 1 unspecified atom stereocenters. The summed E-state index contributed by atoms with van der Waals surface area (Å²) < 4.78 is 0.823. The van der Waals surface area contributed by atoms with Gasteiger partial charge in [-0.1, -0.05) is 0 Å². The van der Waals surface area contributed by atoms with Crippen molar-refractivity contribution in [2.75, 3.05) is 18.0 Å². The monoisotopic (exact) mass is 293 g/mol. The Morgan fingerprint density at radius 1 is 1.55 bits per heavy atom. The van der Waals surface area contributed by atoms with E-state index >= 15 is 0 Å². The zero-order valence-electron chi connectivity index (χ0n) is 11.3. The molecule has 0 saturated carbocycles. The van der Waals surface area contributed by atoms with E-state index in [9.17, 15) is 15.2 Å². The topological polar surface area (TPSA) is 79.5 Å². The molecule has 0 spiro atoms. The average Bonchev–Trinajstić information content (AvgIpc) is 2.88. The molecule has 6 nitrogen and oxygen atoms in total. The molecule has 1 saturated heterocycles. The second-order valence-corrected chi connectivity index (χ2v) is 6.70. The van der Waals surface area contributed by atoms with Gasteiger partial charge in [-0.3, -0.25) is 10.1 Å². The highest BCUT2D eigenvalue weighted by Gasteiger charge is 2.34. The van der Waals surface area contributed by atoms with Crippen LogP contribution in [0, 0.1) is 17.0 Å². The molecule has 1 aliphatic heterocycles. The number of nitro benzene ring substituents is 1. The summed E-state index contributed by atoms with van der Waals surface area (Å²) in [5.41, 5.74) is 0.616. The number of rotatable bonds is 2. The maximum Gasteiger partial charge on any atom is 0.294 e. The number of thiazole rings is 1. The molecule has 1 aromatic carbocycles. The Kier molecular flexibility index (Phi) is 2.91. The molecular weight excluding hydrogens is 278 g/mol.